The molecular weight excluding hydrogens is 170 g/mol. The molecule has 0 aliphatic heterocycles. The van der Waals surface area contributed by atoms with Crippen LogP contribution in [0.25, 0.3) is 0 Å². The highest BCUT2D eigenvalue weighted by atomic mass is 14.3. The van der Waals surface area contributed by atoms with Crippen LogP contribution in [0.2, 0.25) is 0 Å². The van der Waals surface area contributed by atoms with Crippen molar-refractivity contribution in [3.63, 3.8) is 0 Å². The minimum atomic E-state index is 0.817. The molecular formula is C13H16N. The summed E-state index contributed by atoms with van der Waals surface area (Å²) in [5.74, 6) is 1.36. The predicted octanol–water partition coefficient (Wildman–Crippen LogP) is 3.47. The third-order valence-corrected chi connectivity index (χ3v) is 2.64. The Bertz CT molecular complexity index is 347. The molecule has 0 saturated carbocycles. The van der Waals surface area contributed by atoms with Crippen molar-refractivity contribution in [2.75, 3.05) is 0 Å². The molecule has 14 heavy (non-hydrogen) atoms. The molecule has 0 heterocycles. The van der Waals surface area contributed by atoms with Crippen molar-refractivity contribution < 1.29 is 0 Å². The Hall–Kier alpha value is -1.29. The molecule has 0 saturated heterocycles. The normalized spacial score (nSPS) is 10.2. The number of hydrogen-bond acceptors (Lipinski definition) is 1. The van der Waals surface area contributed by atoms with Gasteiger partial charge in [0, 0.05) is 5.92 Å². The molecule has 0 aliphatic carbocycles. The van der Waals surface area contributed by atoms with Gasteiger partial charge >= 0.3 is 0 Å². The number of rotatable bonds is 3. The Morgan fingerprint density at radius 3 is 2.57 bits per heavy atom. The largest absolute Gasteiger partial charge is 0.192 e. The molecule has 1 radical (unpaired) electrons. The molecule has 0 N–H and O–H groups in total. The number of hydrogen-bond donors (Lipinski definition) is 0. The molecule has 0 bridgehead atoms. The molecule has 1 aromatic carbocycles. The van der Waals surface area contributed by atoms with E-state index < -0.39 is 0 Å². The number of benzene rings is 1. The van der Waals surface area contributed by atoms with Gasteiger partial charge < -0.3 is 0 Å². The molecule has 0 atom stereocenters. The molecule has 73 valence electrons. The maximum Gasteiger partial charge on any atom is 0.0994 e. The van der Waals surface area contributed by atoms with Crippen LogP contribution in [0.1, 0.15) is 43.9 Å². The van der Waals surface area contributed by atoms with Gasteiger partial charge in [0.2, 0.25) is 0 Å². The third kappa shape index (κ3) is 1.96. The highest BCUT2D eigenvalue weighted by molar-refractivity contribution is 5.47. The zero-order valence-electron chi connectivity index (χ0n) is 9.09. The van der Waals surface area contributed by atoms with Gasteiger partial charge in [0.15, 0.2) is 0 Å². The van der Waals surface area contributed by atoms with E-state index in [9.17, 15) is 0 Å². The Balaban J connectivity index is 3.23. The van der Waals surface area contributed by atoms with Crippen LogP contribution in [-0.2, 0) is 6.42 Å². The first-order chi connectivity index (χ1) is 6.74. The highest BCUT2D eigenvalue weighted by Crippen LogP contribution is 2.24. The van der Waals surface area contributed by atoms with Crippen molar-refractivity contribution in [2.24, 2.45) is 0 Å². The summed E-state index contributed by atoms with van der Waals surface area (Å²) >= 11 is 0. The van der Waals surface area contributed by atoms with Gasteiger partial charge in [0.25, 0.3) is 0 Å². The first-order valence-corrected chi connectivity index (χ1v) is 5.09. The maximum atomic E-state index is 8.97. The van der Waals surface area contributed by atoms with Crippen molar-refractivity contribution in [1.29, 1.82) is 5.26 Å². The minimum absolute atomic E-state index is 0.817. The summed E-state index contributed by atoms with van der Waals surface area (Å²) in [7, 11) is 0. The summed E-state index contributed by atoms with van der Waals surface area (Å²) in [6, 6.07) is 8.22. The van der Waals surface area contributed by atoms with Gasteiger partial charge in [-0.1, -0.05) is 32.9 Å². The van der Waals surface area contributed by atoms with Crippen LogP contribution in [0.5, 0.6) is 0 Å². The van der Waals surface area contributed by atoms with E-state index in [2.05, 4.69) is 32.9 Å². The van der Waals surface area contributed by atoms with Crippen LogP contribution < -0.4 is 0 Å². The molecule has 0 spiro atoms. The lowest BCUT2D eigenvalue weighted by atomic mass is 9.90. The lowest BCUT2D eigenvalue weighted by Crippen LogP contribution is -2.00. The van der Waals surface area contributed by atoms with Crippen molar-refractivity contribution >= 4 is 0 Å². The van der Waals surface area contributed by atoms with Crippen molar-refractivity contribution in [1.82, 2.24) is 0 Å². The fourth-order valence-electron chi connectivity index (χ4n) is 1.66. The van der Waals surface area contributed by atoms with Gasteiger partial charge in [0.05, 0.1) is 11.6 Å². The Kier molecular flexibility index (Phi) is 3.71. The molecule has 0 unspecified atom stereocenters. The average Bonchev–Trinajstić information content (AvgIpc) is 2.26. The summed E-state index contributed by atoms with van der Waals surface area (Å²) in [4.78, 5) is 0. The first kappa shape index (κ1) is 10.8. The molecule has 1 nitrogen and oxygen atoms in total. The number of nitrogens with zero attached hydrogens (tertiary/aromatic N) is 1. The summed E-state index contributed by atoms with van der Waals surface area (Å²) in [5.41, 5.74) is 3.27. The molecule has 0 fully saturated rings. The fourth-order valence-corrected chi connectivity index (χ4v) is 1.66. The summed E-state index contributed by atoms with van der Waals surface area (Å²) in [6.07, 6.45) is 1.97. The lowest BCUT2D eigenvalue weighted by Gasteiger charge is -2.14. The zero-order chi connectivity index (χ0) is 10.6. The summed E-state index contributed by atoms with van der Waals surface area (Å²) in [6.45, 7) is 6.38. The van der Waals surface area contributed by atoms with Crippen molar-refractivity contribution in [3.8, 4) is 6.07 Å². The van der Waals surface area contributed by atoms with E-state index in [1.54, 1.807) is 0 Å². The van der Waals surface area contributed by atoms with Crippen LogP contribution in [0.15, 0.2) is 18.2 Å². The van der Waals surface area contributed by atoms with E-state index in [1.807, 2.05) is 12.1 Å². The van der Waals surface area contributed by atoms with E-state index in [0.29, 0.717) is 0 Å². The smallest absolute Gasteiger partial charge is 0.0994 e. The second-order valence-electron chi connectivity index (χ2n) is 3.43. The Labute approximate surface area is 86.4 Å². The summed E-state index contributed by atoms with van der Waals surface area (Å²) < 4.78 is 0. The average molecular weight is 186 g/mol. The van der Waals surface area contributed by atoms with Gasteiger partial charge in [-0.25, -0.2) is 0 Å². The lowest BCUT2D eigenvalue weighted by molar-refractivity contribution is 0.932. The molecule has 0 amide bonds. The van der Waals surface area contributed by atoms with E-state index in [1.165, 1.54) is 17.0 Å². The standard InChI is InChI=1S/C13H16N/c1-4-10(3)13-8-6-7-11(9-14)12(13)5-2/h6-8H,4-5H2,1-3H3. The molecule has 1 aromatic rings. The van der Waals surface area contributed by atoms with E-state index in [0.717, 1.165) is 18.4 Å². The fraction of sp³-hybridized carbons (Fsp3) is 0.385. The second-order valence-corrected chi connectivity index (χ2v) is 3.43. The zero-order valence-corrected chi connectivity index (χ0v) is 9.09. The van der Waals surface area contributed by atoms with E-state index >= 15 is 0 Å². The van der Waals surface area contributed by atoms with Gasteiger partial charge in [-0.3, -0.25) is 0 Å². The Morgan fingerprint density at radius 1 is 1.36 bits per heavy atom. The molecule has 1 heteroatoms. The van der Waals surface area contributed by atoms with Crippen molar-refractivity contribution in [2.45, 2.75) is 33.6 Å². The highest BCUT2D eigenvalue weighted by Gasteiger charge is 2.11. The van der Waals surface area contributed by atoms with Crippen LogP contribution >= 0.6 is 0 Å². The van der Waals surface area contributed by atoms with Gasteiger partial charge in [-0.2, -0.15) is 5.26 Å². The SMILES string of the molecule is CC[C](C)c1cccc(C#N)c1CC. The minimum Gasteiger partial charge on any atom is -0.192 e. The Morgan fingerprint density at radius 2 is 2.07 bits per heavy atom. The van der Waals surface area contributed by atoms with E-state index in [-0.39, 0.29) is 0 Å². The van der Waals surface area contributed by atoms with Gasteiger partial charge in [-0.05, 0) is 30.0 Å². The second kappa shape index (κ2) is 4.81. The van der Waals surface area contributed by atoms with Crippen LogP contribution in [-0.4, -0.2) is 0 Å². The maximum absolute atomic E-state index is 8.97. The van der Waals surface area contributed by atoms with Gasteiger partial charge in [0.1, 0.15) is 0 Å². The first-order valence-electron chi connectivity index (χ1n) is 5.09. The van der Waals surface area contributed by atoms with Gasteiger partial charge in [-0.15, -0.1) is 0 Å². The summed E-state index contributed by atoms with van der Waals surface area (Å²) in [5, 5.41) is 8.97. The third-order valence-electron chi connectivity index (χ3n) is 2.64. The molecule has 1 rings (SSSR count). The topological polar surface area (TPSA) is 23.8 Å². The quantitative estimate of drug-likeness (QED) is 0.709. The monoisotopic (exact) mass is 186 g/mol. The van der Waals surface area contributed by atoms with Crippen LogP contribution in [0, 0.1) is 17.2 Å². The van der Waals surface area contributed by atoms with Crippen LogP contribution in [0.3, 0.4) is 0 Å². The van der Waals surface area contributed by atoms with Crippen molar-refractivity contribution in [3.05, 3.63) is 40.8 Å². The number of nitriles is 1. The van der Waals surface area contributed by atoms with Crippen LogP contribution in [0.4, 0.5) is 0 Å². The molecule has 0 aliphatic rings. The molecule has 0 aromatic heterocycles. The van der Waals surface area contributed by atoms with E-state index in [4.69, 9.17) is 5.26 Å². The predicted molar refractivity (Wildman–Crippen MR) is 58.8 cm³/mol.